The van der Waals surface area contributed by atoms with Crippen LogP contribution in [0.15, 0.2) is 0 Å². The molecule has 0 spiro atoms. The Labute approximate surface area is 99.5 Å². The van der Waals surface area contributed by atoms with Gasteiger partial charge in [-0.1, -0.05) is 0 Å². The van der Waals surface area contributed by atoms with Gasteiger partial charge in [0.1, 0.15) is 0 Å². The van der Waals surface area contributed by atoms with Gasteiger partial charge in [-0.3, -0.25) is 0 Å². The van der Waals surface area contributed by atoms with Crippen LogP contribution in [0, 0.1) is 11.8 Å². The molecule has 1 atom stereocenters. The molecule has 94 valence electrons. The van der Waals surface area contributed by atoms with E-state index in [4.69, 9.17) is 4.74 Å². The highest BCUT2D eigenvalue weighted by Gasteiger charge is 2.19. The number of rotatable bonds is 4. The van der Waals surface area contributed by atoms with Gasteiger partial charge in [-0.25, -0.2) is 0 Å². The second kappa shape index (κ2) is 6.58. The Morgan fingerprint density at radius 3 is 2.56 bits per heavy atom. The van der Waals surface area contributed by atoms with E-state index in [0.717, 1.165) is 25.0 Å². The Kier molecular flexibility index (Phi) is 5.07. The average Bonchev–Trinajstić information content (AvgIpc) is 2.31. The Balaban J connectivity index is 1.64. The third-order valence-electron chi connectivity index (χ3n) is 3.85. The van der Waals surface area contributed by atoms with E-state index in [1.165, 1.54) is 51.9 Å². The van der Waals surface area contributed by atoms with Gasteiger partial charge in [-0.15, -0.1) is 0 Å². The van der Waals surface area contributed by atoms with Crippen molar-refractivity contribution in [2.24, 2.45) is 11.8 Å². The fourth-order valence-corrected chi connectivity index (χ4v) is 2.97. The summed E-state index contributed by atoms with van der Waals surface area (Å²) in [5.41, 5.74) is 0. The Bertz CT molecular complexity index is 166. The summed E-state index contributed by atoms with van der Waals surface area (Å²) in [6, 6.07) is 0. The van der Waals surface area contributed by atoms with Crippen LogP contribution >= 0.6 is 0 Å². The molecule has 0 bridgehead atoms. The smallest absolute Gasteiger partial charge is 0.0506 e. The molecule has 0 aliphatic carbocycles. The predicted molar refractivity (Wildman–Crippen MR) is 66.6 cm³/mol. The summed E-state index contributed by atoms with van der Waals surface area (Å²) in [7, 11) is 2.27. The average molecular weight is 226 g/mol. The van der Waals surface area contributed by atoms with Gasteiger partial charge in [-0.05, 0) is 57.7 Å². The van der Waals surface area contributed by atoms with Crippen molar-refractivity contribution in [2.75, 3.05) is 46.4 Å². The maximum atomic E-state index is 5.54. The minimum Gasteiger partial charge on any atom is -0.381 e. The molecular weight excluding hydrogens is 200 g/mol. The summed E-state index contributed by atoms with van der Waals surface area (Å²) in [6.07, 6.45) is 5.32. The van der Waals surface area contributed by atoms with E-state index < -0.39 is 0 Å². The monoisotopic (exact) mass is 226 g/mol. The fourth-order valence-electron chi connectivity index (χ4n) is 2.97. The quantitative estimate of drug-likeness (QED) is 0.783. The first-order valence-corrected chi connectivity index (χ1v) is 6.81. The van der Waals surface area contributed by atoms with Crippen molar-refractivity contribution in [3.8, 4) is 0 Å². The maximum Gasteiger partial charge on any atom is 0.0506 e. The topological polar surface area (TPSA) is 24.5 Å². The third-order valence-corrected chi connectivity index (χ3v) is 3.85. The molecule has 1 unspecified atom stereocenters. The van der Waals surface area contributed by atoms with Crippen molar-refractivity contribution < 1.29 is 4.74 Å². The molecule has 2 aliphatic heterocycles. The van der Waals surface area contributed by atoms with Gasteiger partial charge >= 0.3 is 0 Å². The van der Waals surface area contributed by atoms with Crippen molar-refractivity contribution >= 4 is 0 Å². The largest absolute Gasteiger partial charge is 0.381 e. The van der Waals surface area contributed by atoms with Crippen molar-refractivity contribution in [3.05, 3.63) is 0 Å². The number of hydrogen-bond acceptors (Lipinski definition) is 3. The van der Waals surface area contributed by atoms with Gasteiger partial charge in [0.05, 0.1) is 6.61 Å². The second-order valence-corrected chi connectivity index (χ2v) is 5.50. The summed E-state index contributed by atoms with van der Waals surface area (Å²) in [5, 5.41) is 3.43. The van der Waals surface area contributed by atoms with E-state index >= 15 is 0 Å². The second-order valence-electron chi connectivity index (χ2n) is 5.50. The minimum absolute atomic E-state index is 0.778. The van der Waals surface area contributed by atoms with Gasteiger partial charge in [0, 0.05) is 19.7 Å². The van der Waals surface area contributed by atoms with Crippen LogP contribution in [-0.4, -0.2) is 51.3 Å². The lowest BCUT2D eigenvalue weighted by atomic mass is 9.96. The molecular formula is C13H26N2O. The van der Waals surface area contributed by atoms with Crippen molar-refractivity contribution in [3.63, 3.8) is 0 Å². The van der Waals surface area contributed by atoms with Crippen LogP contribution in [0.1, 0.15) is 25.7 Å². The van der Waals surface area contributed by atoms with Crippen molar-refractivity contribution in [1.29, 1.82) is 0 Å². The zero-order valence-electron chi connectivity index (χ0n) is 10.6. The molecule has 16 heavy (non-hydrogen) atoms. The molecule has 2 aliphatic rings. The first-order valence-electron chi connectivity index (χ1n) is 6.81. The van der Waals surface area contributed by atoms with Gasteiger partial charge in [0.25, 0.3) is 0 Å². The number of ether oxygens (including phenoxy) is 1. The zero-order chi connectivity index (χ0) is 11.2. The lowest BCUT2D eigenvalue weighted by Crippen LogP contribution is -2.37. The fraction of sp³-hybridized carbons (Fsp3) is 1.00. The number of nitrogens with one attached hydrogen (secondary N) is 1. The Hall–Kier alpha value is -0.120. The highest BCUT2D eigenvalue weighted by Crippen LogP contribution is 2.17. The van der Waals surface area contributed by atoms with Crippen LogP contribution in [0.4, 0.5) is 0 Å². The van der Waals surface area contributed by atoms with Gasteiger partial charge in [0.15, 0.2) is 0 Å². The Morgan fingerprint density at radius 1 is 1.12 bits per heavy atom. The van der Waals surface area contributed by atoms with E-state index in [-0.39, 0.29) is 0 Å². The number of nitrogens with zero attached hydrogens (tertiary/aromatic N) is 1. The highest BCUT2D eigenvalue weighted by molar-refractivity contribution is 4.73. The molecule has 2 heterocycles. The van der Waals surface area contributed by atoms with Crippen molar-refractivity contribution in [1.82, 2.24) is 10.2 Å². The first kappa shape index (κ1) is 12.3. The van der Waals surface area contributed by atoms with Gasteiger partial charge in [0.2, 0.25) is 0 Å². The van der Waals surface area contributed by atoms with Crippen LogP contribution in [0.25, 0.3) is 0 Å². The SMILES string of the molecule is CN(CC1CCNCC1)CC1CCCOC1. The first-order chi connectivity index (χ1) is 7.84. The summed E-state index contributed by atoms with van der Waals surface area (Å²) >= 11 is 0. The van der Waals surface area contributed by atoms with Crippen LogP contribution in [0.5, 0.6) is 0 Å². The molecule has 3 heteroatoms. The molecule has 0 saturated carbocycles. The molecule has 2 fully saturated rings. The summed E-state index contributed by atoms with van der Waals surface area (Å²) < 4.78 is 5.54. The lowest BCUT2D eigenvalue weighted by Gasteiger charge is -2.31. The molecule has 0 aromatic heterocycles. The van der Waals surface area contributed by atoms with Gasteiger partial charge in [-0.2, -0.15) is 0 Å². The molecule has 2 saturated heterocycles. The van der Waals surface area contributed by atoms with Crippen LogP contribution in [0.3, 0.4) is 0 Å². The zero-order valence-corrected chi connectivity index (χ0v) is 10.6. The molecule has 2 rings (SSSR count). The van der Waals surface area contributed by atoms with Gasteiger partial charge < -0.3 is 15.0 Å². The summed E-state index contributed by atoms with van der Waals surface area (Å²) in [6.45, 7) is 6.89. The maximum absolute atomic E-state index is 5.54. The van der Waals surface area contributed by atoms with Crippen LogP contribution in [0.2, 0.25) is 0 Å². The molecule has 3 nitrogen and oxygen atoms in total. The molecule has 1 N–H and O–H groups in total. The molecule has 0 radical (unpaired) electrons. The lowest BCUT2D eigenvalue weighted by molar-refractivity contribution is 0.0395. The predicted octanol–water partition coefficient (Wildman–Crippen LogP) is 1.34. The highest BCUT2D eigenvalue weighted by atomic mass is 16.5. The standard InChI is InChI=1S/C13H26N2O/c1-15(9-12-4-6-14-7-5-12)10-13-3-2-8-16-11-13/h12-14H,2-11H2,1H3. The van der Waals surface area contributed by atoms with Crippen molar-refractivity contribution in [2.45, 2.75) is 25.7 Å². The van der Waals surface area contributed by atoms with Crippen LogP contribution < -0.4 is 5.32 Å². The molecule has 0 aromatic carbocycles. The third kappa shape index (κ3) is 4.04. The van der Waals surface area contributed by atoms with E-state index in [1.54, 1.807) is 0 Å². The van der Waals surface area contributed by atoms with E-state index in [0.29, 0.717) is 0 Å². The van der Waals surface area contributed by atoms with Crippen LogP contribution in [-0.2, 0) is 4.74 Å². The minimum atomic E-state index is 0.778. The Morgan fingerprint density at radius 2 is 1.88 bits per heavy atom. The summed E-state index contributed by atoms with van der Waals surface area (Å²) in [4.78, 5) is 2.52. The normalized spacial score (nSPS) is 28.5. The van der Waals surface area contributed by atoms with E-state index in [1.807, 2.05) is 0 Å². The summed E-state index contributed by atoms with van der Waals surface area (Å²) in [5.74, 6) is 1.69. The van der Waals surface area contributed by atoms with E-state index in [2.05, 4.69) is 17.3 Å². The van der Waals surface area contributed by atoms with E-state index in [9.17, 15) is 0 Å². The molecule has 0 aromatic rings. The molecule has 0 amide bonds. The number of hydrogen-bond donors (Lipinski definition) is 1. The number of piperidine rings is 1.